The maximum atomic E-state index is 12.7. The summed E-state index contributed by atoms with van der Waals surface area (Å²) < 4.78 is 11.3. The molecule has 0 aliphatic heterocycles. The second kappa shape index (κ2) is 9.73. The van der Waals surface area contributed by atoms with Gasteiger partial charge in [0.15, 0.2) is 16.7 Å². The van der Waals surface area contributed by atoms with E-state index in [4.69, 9.17) is 21.1 Å². The summed E-state index contributed by atoms with van der Waals surface area (Å²) >= 11 is 6.30. The van der Waals surface area contributed by atoms with Gasteiger partial charge in [0.2, 0.25) is 5.91 Å². The van der Waals surface area contributed by atoms with Crippen molar-refractivity contribution in [3.8, 4) is 11.5 Å². The summed E-state index contributed by atoms with van der Waals surface area (Å²) in [5.74, 6) is 1.35. The Morgan fingerprint density at radius 1 is 1.29 bits per heavy atom. The van der Waals surface area contributed by atoms with E-state index in [2.05, 4.69) is 22.2 Å². The number of halogens is 1. The molecule has 0 spiro atoms. The minimum absolute atomic E-state index is 0.0160. The molecule has 1 atom stereocenters. The molecule has 1 amide bonds. The Labute approximate surface area is 170 Å². The first kappa shape index (κ1) is 20.4. The summed E-state index contributed by atoms with van der Waals surface area (Å²) in [4.78, 5) is 21.2. The minimum Gasteiger partial charge on any atom is -0.493 e. The standard InChI is InChI=1S/C21H26ClN3O3/c1-3-4-12-28-17-13-15(8-9-16(17)27-2)18(19-20(22)24-11-10-23-19)25-21(26)14-6-5-7-14/h8-11,13-14,18H,3-7,12H2,1-2H3,(H,25,26). The molecular weight excluding hydrogens is 378 g/mol. The molecule has 1 saturated carbocycles. The number of carbonyl (C=O) groups excluding carboxylic acids is 1. The Morgan fingerprint density at radius 3 is 2.71 bits per heavy atom. The molecule has 0 saturated heterocycles. The second-order valence-corrected chi connectivity index (χ2v) is 7.27. The number of hydrogen-bond donors (Lipinski definition) is 1. The number of carbonyl (C=O) groups is 1. The minimum atomic E-state index is -0.506. The van der Waals surface area contributed by atoms with Crippen molar-refractivity contribution in [1.29, 1.82) is 0 Å². The molecule has 2 aromatic rings. The van der Waals surface area contributed by atoms with E-state index in [1.54, 1.807) is 13.3 Å². The number of amides is 1. The molecule has 1 aromatic heterocycles. The first-order chi connectivity index (χ1) is 13.6. The first-order valence-corrected chi connectivity index (χ1v) is 10.1. The molecule has 1 aliphatic rings. The maximum absolute atomic E-state index is 12.7. The molecule has 3 rings (SSSR count). The van der Waals surface area contributed by atoms with Crippen LogP contribution < -0.4 is 14.8 Å². The molecule has 1 fully saturated rings. The van der Waals surface area contributed by atoms with Crippen molar-refractivity contribution in [2.45, 2.75) is 45.1 Å². The molecule has 1 N–H and O–H groups in total. The Bertz CT molecular complexity index is 811. The number of methoxy groups -OCH3 is 1. The van der Waals surface area contributed by atoms with Crippen LogP contribution in [0.15, 0.2) is 30.6 Å². The Kier molecular flexibility index (Phi) is 7.09. The van der Waals surface area contributed by atoms with Gasteiger partial charge in [0.25, 0.3) is 0 Å². The maximum Gasteiger partial charge on any atom is 0.223 e. The highest BCUT2D eigenvalue weighted by atomic mass is 35.5. The van der Waals surface area contributed by atoms with E-state index < -0.39 is 6.04 Å². The molecule has 150 valence electrons. The van der Waals surface area contributed by atoms with Crippen molar-refractivity contribution < 1.29 is 14.3 Å². The number of rotatable bonds is 9. The van der Waals surface area contributed by atoms with Gasteiger partial charge in [-0.1, -0.05) is 37.4 Å². The third-order valence-electron chi connectivity index (χ3n) is 4.99. The molecule has 1 unspecified atom stereocenters. The van der Waals surface area contributed by atoms with Crippen LogP contribution in [-0.2, 0) is 4.79 Å². The lowest BCUT2D eigenvalue weighted by Gasteiger charge is -2.28. The van der Waals surface area contributed by atoms with Crippen LogP contribution >= 0.6 is 11.6 Å². The average molecular weight is 404 g/mol. The third-order valence-corrected chi connectivity index (χ3v) is 5.28. The highest BCUT2D eigenvalue weighted by molar-refractivity contribution is 6.30. The number of nitrogens with zero attached hydrogens (tertiary/aromatic N) is 2. The van der Waals surface area contributed by atoms with Gasteiger partial charge in [-0.05, 0) is 37.0 Å². The van der Waals surface area contributed by atoms with Gasteiger partial charge in [0.05, 0.1) is 19.8 Å². The van der Waals surface area contributed by atoms with Crippen LogP contribution in [0.1, 0.15) is 56.3 Å². The highest BCUT2D eigenvalue weighted by Crippen LogP contribution is 2.35. The van der Waals surface area contributed by atoms with E-state index in [1.165, 1.54) is 6.20 Å². The summed E-state index contributed by atoms with van der Waals surface area (Å²) in [7, 11) is 1.61. The molecule has 6 nitrogen and oxygen atoms in total. The molecule has 0 radical (unpaired) electrons. The van der Waals surface area contributed by atoms with Crippen molar-refractivity contribution in [2.75, 3.05) is 13.7 Å². The largest absolute Gasteiger partial charge is 0.493 e. The topological polar surface area (TPSA) is 73.3 Å². The molecule has 0 bridgehead atoms. The van der Waals surface area contributed by atoms with Gasteiger partial charge in [0.1, 0.15) is 5.69 Å². The van der Waals surface area contributed by atoms with Gasteiger partial charge >= 0.3 is 0 Å². The molecular formula is C21H26ClN3O3. The smallest absolute Gasteiger partial charge is 0.223 e. The lowest BCUT2D eigenvalue weighted by atomic mass is 9.84. The summed E-state index contributed by atoms with van der Waals surface area (Å²) in [6.45, 7) is 2.71. The number of nitrogens with one attached hydrogen (secondary N) is 1. The van der Waals surface area contributed by atoms with Crippen molar-refractivity contribution in [1.82, 2.24) is 15.3 Å². The summed E-state index contributed by atoms with van der Waals surface area (Å²) in [6.07, 6.45) is 8.02. The zero-order chi connectivity index (χ0) is 19.9. The molecule has 7 heteroatoms. The predicted octanol–water partition coefficient (Wildman–Crippen LogP) is 4.32. The number of unbranched alkanes of at least 4 members (excludes halogenated alkanes) is 1. The zero-order valence-electron chi connectivity index (χ0n) is 16.3. The van der Waals surface area contributed by atoms with E-state index in [0.29, 0.717) is 23.8 Å². The lowest BCUT2D eigenvalue weighted by Crippen LogP contribution is -2.37. The molecule has 28 heavy (non-hydrogen) atoms. The van der Waals surface area contributed by atoms with Crippen molar-refractivity contribution in [2.24, 2.45) is 5.92 Å². The quantitative estimate of drug-likeness (QED) is 0.631. The molecule has 1 aromatic carbocycles. The number of hydrogen-bond acceptors (Lipinski definition) is 5. The Balaban J connectivity index is 1.93. The number of aromatic nitrogens is 2. The average Bonchev–Trinajstić information content (AvgIpc) is 2.65. The Hall–Kier alpha value is -2.34. The molecule has 1 aliphatic carbocycles. The van der Waals surface area contributed by atoms with Crippen LogP contribution in [0.4, 0.5) is 0 Å². The monoisotopic (exact) mass is 403 g/mol. The fraction of sp³-hybridized carbons (Fsp3) is 0.476. The number of benzene rings is 1. The van der Waals surface area contributed by atoms with Gasteiger partial charge < -0.3 is 14.8 Å². The second-order valence-electron chi connectivity index (χ2n) is 6.91. The van der Waals surface area contributed by atoms with E-state index in [-0.39, 0.29) is 17.0 Å². The van der Waals surface area contributed by atoms with Gasteiger partial charge in [-0.2, -0.15) is 0 Å². The Morgan fingerprint density at radius 2 is 2.07 bits per heavy atom. The third kappa shape index (κ3) is 4.73. The van der Waals surface area contributed by atoms with Crippen molar-refractivity contribution in [3.05, 3.63) is 47.0 Å². The highest BCUT2D eigenvalue weighted by Gasteiger charge is 2.30. The van der Waals surface area contributed by atoms with E-state index in [1.807, 2.05) is 18.2 Å². The normalized spacial score (nSPS) is 14.8. The summed E-state index contributed by atoms with van der Waals surface area (Å²) in [5.41, 5.74) is 1.34. The van der Waals surface area contributed by atoms with Crippen LogP contribution in [0.5, 0.6) is 11.5 Å². The van der Waals surface area contributed by atoms with E-state index in [9.17, 15) is 4.79 Å². The van der Waals surface area contributed by atoms with Gasteiger partial charge in [-0.15, -0.1) is 0 Å². The summed E-state index contributed by atoms with van der Waals surface area (Å²) in [5, 5.41) is 3.37. The predicted molar refractivity (Wildman–Crippen MR) is 108 cm³/mol. The summed E-state index contributed by atoms with van der Waals surface area (Å²) in [6, 6.07) is 5.10. The van der Waals surface area contributed by atoms with E-state index in [0.717, 1.165) is 37.7 Å². The fourth-order valence-electron chi connectivity index (χ4n) is 3.08. The van der Waals surface area contributed by atoms with E-state index >= 15 is 0 Å². The van der Waals surface area contributed by atoms with Crippen LogP contribution in [0.2, 0.25) is 5.15 Å². The van der Waals surface area contributed by atoms with Gasteiger partial charge in [0, 0.05) is 18.3 Å². The molecule has 1 heterocycles. The van der Waals surface area contributed by atoms with Crippen LogP contribution in [0, 0.1) is 5.92 Å². The first-order valence-electron chi connectivity index (χ1n) is 9.71. The van der Waals surface area contributed by atoms with Gasteiger partial charge in [-0.3, -0.25) is 9.78 Å². The number of ether oxygens (including phenoxy) is 2. The van der Waals surface area contributed by atoms with Crippen molar-refractivity contribution >= 4 is 17.5 Å². The fourth-order valence-corrected chi connectivity index (χ4v) is 3.29. The van der Waals surface area contributed by atoms with Crippen molar-refractivity contribution in [3.63, 3.8) is 0 Å². The van der Waals surface area contributed by atoms with Crippen LogP contribution in [0.3, 0.4) is 0 Å². The van der Waals surface area contributed by atoms with Crippen LogP contribution in [-0.4, -0.2) is 29.6 Å². The van der Waals surface area contributed by atoms with Gasteiger partial charge in [-0.25, -0.2) is 4.98 Å². The van der Waals surface area contributed by atoms with Crippen LogP contribution in [0.25, 0.3) is 0 Å². The SMILES string of the molecule is CCCCOc1cc(C(NC(=O)C2CCC2)c2nccnc2Cl)ccc1OC. The zero-order valence-corrected chi connectivity index (χ0v) is 17.0. The lowest BCUT2D eigenvalue weighted by molar-refractivity contribution is -0.127.